The van der Waals surface area contributed by atoms with Gasteiger partial charge in [-0.25, -0.2) is 0 Å². The lowest BCUT2D eigenvalue weighted by Gasteiger charge is -2.11. The first-order chi connectivity index (χ1) is 8.08. The van der Waals surface area contributed by atoms with Gasteiger partial charge in [0.1, 0.15) is 0 Å². The molecule has 1 aromatic heterocycles. The maximum Gasteiger partial charge on any atom is 0.0723 e. The summed E-state index contributed by atoms with van der Waals surface area (Å²) in [6, 6.07) is 5.25. The van der Waals surface area contributed by atoms with Gasteiger partial charge in [0.2, 0.25) is 0 Å². The van der Waals surface area contributed by atoms with Crippen LogP contribution in [0.15, 0.2) is 24.4 Å². The molecule has 2 rings (SSSR count). The van der Waals surface area contributed by atoms with Crippen LogP contribution in [-0.2, 0) is 13.6 Å². The molecule has 0 aliphatic carbocycles. The van der Waals surface area contributed by atoms with Gasteiger partial charge < -0.3 is 11.1 Å². The van der Waals surface area contributed by atoms with Crippen LogP contribution in [0.25, 0.3) is 0 Å². The molecule has 0 bridgehead atoms. The van der Waals surface area contributed by atoms with Crippen molar-refractivity contribution >= 4 is 34.6 Å². The first-order valence-corrected chi connectivity index (χ1v) is 5.79. The zero-order chi connectivity index (χ0) is 12.4. The lowest BCUT2D eigenvalue weighted by molar-refractivity contribution is 0.720. The van der Waals surface area contributed by atoms with Gasteiger partial charge in [0.05, 0.1) is 28.0 Å². The minimum atomic E-state index is 0.511. The standard InChI is InChI=1S/C11H12Cl2N4/c1-17-8(2-3-16-17)6-15-11-9(12)4-7(14)5-10(11)13/h2-5,15H,6,14H2,1H3. The molecule has 0 spiro atoms. The van der Waals surface area contributed by atoms with Gasteiger partial charge in [0.25, 0.3) is 0 Å². The van der Waals surface area contributed by atoms with E-state index in [1.165, 1.54) is 0 Å². The Balaban J connectivity index is 2.17. The van der Waals surface area contributed by atoms with Crippen molar-refractivity contribution < 1.29 is 0 Å². The number of halogens is 2. The molecule has 2 aromatic rings. The number of nitrogen functional groups attached to an aromatic ring is 1. The third-order valence-electron chi connectivity index (χ3n) is 2.43. The Kier molecular flexibility index (Phi) is 3.45. The second kappa shape index (κ2) is 4.85. The highest BCUT2D eigenvalue weighted by atomic mass is 35.5. The smallest absolute Gasteiger partial charge is 0.0723 e. The predicted molar refractivity (Wildman–Crippen MR) is 71.4 cm³/mol. The average molecular weight is 271 g/mol. The van der Waals surface area contributed by atoms with Gasteiger partial charge in [-0.2, -0.15) is 5.10 Å². The van der Waals surface area contributed by atoms with E-state index in [1.807, 2.05) is 13.1 Å². The van der Waals surface area contributed by atoms with E-state index in [4.69, 9.17) is 28.9 Å². The third kappa shape index (κ3) is 2.65. The number of hydrogen-bond acceptors (Lipinski definition) is 3. The monoisotopic (exact) mass is 270 g/mol. The summed E-state index contributed by atoms with van der Waals surface area (Å²) in [6.07, 6.45) is 1.74. The van der Waals surface area contributed by atoms with Crippen molar-refractivity contribution in [2.75, 3.05) is 11.1 Å². The Morgan fingerprint density at radius 3 is 2.53 bits per heavy atom. The van der Waals surface area contributed by atoms with Crippen molar-refractivity contribution in [2.45, 2.75) is 6.54 Å². The van der Waals surface area contributed by atoms with Gasteiger partial charge in [-0.3, -0.25) is 4.68 Å². The second-order valence-corrected chi connectivity index (χ2v) is 4.47. The van der Waals surface area contributed by atoms with Crippen molar-refractivity contribution in [3.05, 3.63) is 40.1 Å². The number of aryl methyl sites for hydroxylation is 1. The molecule has 0 amide bonds. The third-order valence-corrected chi connectivity index (χ3v) is 3.03. The van der Waals surface area contributed by atoms with Gasteiger partial charge in [0, 0.05) is 18.9 Å². The molecule has 1 heterocycles. The second-order valence-electron chi connectivity index (χ2n) is 3.66. The molecule has 3 N–H and O–H groups in total. The minimum Gasteiger partial charge on any atom is -0.399 e. The number of nitrogens with two attached hydrogens (primary N) is 1. The van der Waals surface area contributed by atoms with Gasteiger partial charge in [-0.1, -0.05) is 23.2 Å². The molecular formula is C11H12Cl2N4. The summed E-state index contributed by atoms with van der Waals surface area (Å²) in [5, 5.41) is 8.27. The molecule has 90 valence electrons. The molecule has 6 heteroatoms. The Hall–Kier alpha value is -1.39. The van der Waals surface area contributed by atoms with E-state index in [0.29, 0.717) is 28.0 Å². The number of nitrogens with zero attached hydrogens (tertiary/aromatic N) is 2. The van der Waals surface area contributed by atoms with Crippen LogP contribution in [0, 0.1) is 0 Å². The fraction of sp³-hybridized carbons (Fsp3) is 0.182. The zero-order valence-electron chi connectivity index (χ0n) is 9.24. The molecule has 0 fully saturated rings. The summed E-state index contributed by atoms with van der Waals surface area (Å²) in [6.45, 7) is 0.597. The van der Waals surface area contributed by atoms with Gasteiger partial charge in [-0.05, 0) is 18.2 Å². The first-order valence-electron chi connectivity index (χ1n) is 5.03. The molecule has 0 aliphatic heterocycles. The maximum atomic E-state index is 6.07. The largest absolute Gasteiger partial charge is 0.399 e. The number of hydrogen-bond donors (Lipinski definition) is 2. The molecule has 0 unspecified atom stereocenters. The van der Waals surface area contributed by atoms with E-state index in [9.17, 15) is 0 Å². The number of benzene rings is 1. The Morgan fingerprint density at radius 2 is 2.00 bits per heavy atom. The number of nitrogens with one attached hydrogen (secondary N) is 1. The lowest BCUT2D eigenvalue weighted by atomic mass is 10.2. The molecule has 0 saturated heterocycles. The molecule has 17 heavy (non-hydrogen) atoms. The average Bonchev–Trinajstić information content (AvgIpc) is 2.62. The number of aromatic nitrogens is 2. The van der Waals surface area contributed by atoms with E-state index in [0.717, 1.165) is 5.69 Å². The molecule has 0 atom stereocenters. The van der Waals surface area contributed by atoms with Crippen LogP contribution in [0.4, 0.5) is 11.4 Å². The highest BCUT2D eigenvalue weighted by Gasteiger charge is 2.07. The van der Waals surface area contributed by atoms with Crippen molar-refractivity contribution in [2.24, 2.45) is 7.05 Å². The lowest BCUT2D eigenvalue weighted by Crippen LogP contribution is -2.06. The molecule has 4 nitrogen and oxygen atoms in total. The number of anilines is 2. The molecule has 0 radical (unpaired) electrons. The molecule has 1 aromatic carbocycles. The van der Waals surface area contributed by atoms with Crippen LogP contribution in [0.1, 0.15) is 5.69 Å². The van der Waals surface area contributed by atoms with Crippen molar-refractivity contribution in [1.29, 1.82) is 0 Å². The fourth-order valence-electron chi connectivity index (χ4n) is 1.52. The van der Waals surface area contributed by atoms with E-state index in [2.05, 4.69) is 10.4 Å². The Bertz CT molecular complexity index is 513. The summed E-state index contributed by atoms with van der Waals surface area (Å²) < 4.78 is 1.78. The molecule has 0 saturated carbocycles. The van der Waals surface area contributed by atoms with E-state index >= 15 is 0 Å². The van der Waals surface area contributed by atoms with E-state index in [-0.39, 0.29) is 0 Å². The highest BCUT2D eigenvalue weighted by molar-refractivity contribution is 6.39. The SMILES string of the molecule is Cn1nccc1CNc1c(Cl)cc(N)cc1Cl. The Morgan fingerprint density at radius 1 is 1.35 bits per heavy atom. The van der Waals surface area contributed by atoms with Crippen molar-refractivity contribution in [3.63, 3.8) is 0 Å². The first kappa shape index (κ1) is 12.1. The maximum absolute atomic E-state index is 6.07. The van der Waals surface area contributed by atoms with Crippen LogP contribution in [0.2, 0.25) is 10.0 Å². The fourth-order valence-corrected chi connectivity index (χ4v) is 2.15. The van der Waals surface area contributed by atoms with Crippen LogP contribution in [-0.4, -0.2) is 9.78 Å². The van der Waals surface area contributed by atoms with Crippen LogP contribution in [0.5, 0.6) is 0 Å². The summed E-state index contributed by atoms with van der Waals surface area (Å²) in [5.74, 6) is 0. The van der Waals surface area contributed by atoms with Gasteiger partial charge >= 0.3 is 0 Å². The van der Waals surface area contributed by atoms with Crippen LogP contribution >= 0.6 is 23.2 Å². The molecule has 0 aliphatic rings. The Labute approximate surface area is 109 Å². The summed E-state index contributed by atoms with van der Waals surface area (Å²) in [7, 11) is 1.88. The van der Waals surface area contributed by atoms with Gasteiger partial charge in [0.15, 0.2) is 0 Å². The number of rotatable bonds is 3. The zero-order valence-corrected chi connectivity index (χ0v) is 10.8. The topological polar surface area (TPSA) is 55.9 Å². The summed E-state index contributed by atoms with van der Waals surface area (Å²) in [5.41, 5.74) is 7.90. The normalized spacial score (nSPS) is 10.5. The van der Waals surface area contributed by atoms with E-state index < -0.39 is 0 Å². The summed E-state index contributed by atoms with van der Waals surface area (Å²) >= 11 is 12.1. The predicted octanol–water partition coefficient (Wildman–Crippen LogP) is 2.92. The van der Waals surface area contributed by atoms with Crippen molar-refractivity contribution in [1.82, 2.24) is 9.78 Å². The van der Waals surface area contributed by atoms with Gasteiger partial charge in [-0.15, -0.1) is 0 Å². The van der Waals surface area contributed by atoms with Crippen LogP contribution in [0.3, 0.4) is 0 Å². The van der Waals surface area contributed by atoms with Crippen LogP contribution < -0.4 is 11.1 Å². The minimum absolute atomic E-state index is 0.511. The van der Waals surface area contributed by atoms with Crippen molar-refractivity contribution in [3.8, 4) is 0 Å². The highest BCUT2D eigenvalue weighted by Crippen LogP contribution is 2.33. The summed E-state index contributed by atoms with van der Waals surface area (Å²) in [4.78, 5) is 0. The molecular weight excluding hydrogens is 259 g/mol. The van der Waals surface area contributed by atoms with E-state index in [1.54, 1.807) is 23.0 Å². The quantitative estimate of drug-likeness (QED) is 0.844.